The van der Waals surface area contributed by atoms with E-state index in [0.717, 1.165) is 10.0 Å². The monoisotopic (exact) mass is 467 g/mol. The number of amides is 1. The summed E-state index contributed by atoms with van der Waals surface area (Å²) in [6.45, 7) is -0.196. The van der Waals surface area contributed by atoms with Gasteiger partial charge in [-0.25, -0.2) is 0 Å². The molecule has 2 N–H and O–H groups in total. The summed E-state index contributed by atoms with van der Waals surface area (Å²) in [5.41, 5.74) is 2.09. The maximum absolute atomic E-state index is 12.7. The first-order chi connectivity index (χ1) is 14.6. The highest BCUT2D eigenvalue weighted by Crippen LogP contribution is 2.34. The molecule has 1 amide bonds. The van der Waals surface area contributed by atoms with E-state index in [0.29, 0.717) is 34.3 Å². The number of benzene rings is 2. The topological polar surface area (TPSA) is 84.8 Å². The third-order valence-corrected chi connectivity index (χ3v) is 5.03. The molecule has 0 unspecified atom stereocenters. The van der Waals surface area contributed by atoms with Crippen LogP contribution in [-0.2, 0) is 6.61 Å². The second kappa shape index (κ2) is 8.61. The Labute approximate surface area is 181 Å². The van der Waals surface area contributed by atoms with Crippen molar-refractivity contribution in [3.63, 3.8) is 0 Å². The van der Waals surface area contributed by atoms with Gasteiger partial charge in [0, 0.05) is 15.7 Å². The van der Waals surface area contributed by atoms with Crippen molar-refractivity contribution in [2.75, 3.05) is 12.4 Å². The summed E-state index contributed by atoms with van der Waals surface area (Å²) >= 11 is 3.40. The fourth-order valence-electron chi connectivity index (χ4n) is 3.01. The zero-order valence-corrected chi connectivity index (χ0v) is 17.6. The molecular formula is C23H18BrNO5. The van der Waals surface area contributed by atoms with Crippen LogP contribution in [0, 0.1) is 0 Å². The Kier molecular flexibility index (Phi) is 5.74. The molecule has 0 saturated carbocycles. The zero-order valence-electron chi connectivity index (χ0n) is 16.0. The molecular weight excluding hydrogens is 450 g/mol. The molecule has 30 heavy (non-hydrogen) atoms. The number of rotatable bonds is 6. The lowest BCUT2D eigenvalue weighted by Crippen LogP contribution is -2.10. The van der Waals surface area contributed by atoms with Crippen molar-refractivity contribution < 1.29 is 23.5 Å². The lowest BCUT2D eigenvalue weighted by Gasteiger charge is -2.10. The number of carbonyl (C=O) groups excluding carboxylic acids is 1. The quantitative estimate of drug-likeness (QED) is 0.378. The van der Waals surface area contributed by atoms with Gasteiger partial charge in [0.25, 0.3) is 5.91 Å². The van der Waals surface area contributed by atoms with Crippen LogP contribution in [0.3, 0.4) is 0 Å². The lowest BCUT2D eigenvalue weighted by molar-refractivity contribution is 0.0997. The summed E-state index contributed by atoms with van der Waals surface area (Å²) in [4.78, 5) is 12.7. The number of ether oxygens (including phenoxy) is 1. The molecule has 0 saturated heterocycles. The minimum atomic E-state index is -0.370. The Balaban J connectivity index is 1.56. The Morgan fingerprint density at radius 1 is 1.00 bits per heavy atom. The standard InChI is InChI=1S/C23H18BrNO5/c1-28-20-8-6-16(12-18(20)21-9-7-17(13-26)29-21)25-23(27)22-11-10-19(30-22)14-2-4-15(24)5-3-14/h2-12,26H,13H2,1H3,(H,25,27). The van der Waals surface area contributed by atoms with Crippen molar-refractivity contribution in [1.29, 1.82) is 0 Å². The van der Waals surface area contributed by atoms with Crippen molar-refractivity contribution in [2.24, 2.45) is 0 Å². The Morgan fingerprint density at radius 3 is 2.47 bits per heavy atom. The van der Waals surface area contributed by atoms with E-state index in [2.05, 4.69) is 21.2 Å². The van der Waals surface area contributed by atoms with Crippen LogP contribution in [0.5, 0.6) is 5.75 Å². The Morgan fingerprint density at radius 2 is 1.77 bits per heavy atom. The summed E-state index contributed by atoms with van der Waals surface area (Å²) in [5.74, 6) is 1.99. The minimum Gasteiger partial charge on any atom is -0.496 e. The molecule has 4 aromatic rings. The number of methoxy groups -OCH3 is 1. The highest BCUT2D eigenvalue weighted by atomic mass is 79.9. The van der Waals surface area contributed by atoms with E-state index < -0.39 is 0 Å². The van der Waals surface area contributed by atoms with Gasteiger partial charge < -0.3 is 24.0 Å². The molecule has 4 rings (SSSR count). The van der Waals surface area contributed by atoms with Crippen LogP contribution in [-0.4, -0.2) is 18.1 Å². The maximum atomic E-state index is 12.7. The minimum absolute atomic E-state index is 0.196. The van der Waals surface area contributed by atoms with Gasteiger partial charge in [-0.1, -0.05) is 28.1 Å². The molecule has 0 fully saturated rings. The average molecular weight is 468 g/mol. The molecule has 6 nitrogen and oxygen atoms in total. The highest BCUT2D eigenvalue weighted by molar-refractivity contribution is 9.10. The fourth-order valence-corrected chi connectivity index (χ4v) is 3.27. The van der Waals surface area contributed by atoms with Crippen LogP contribution < -0.4 is 10.1 Å². The summed E-state index contributed by atoms with van der Waals surface area (Å²) in [6.07, 6.45) is 0. The van der Waals surface area contributed by atoms with Gasteiger partial charge in [0.15, 0.2) is 5.76 Å². The SMILES string of the molecule is COc1ccc(NC(=O)c2ccc(-c3ccc(Br)cc3)o2)cc1-c1ccc(CO)o1. The normalized spacial score (nSPS) is 10.8. The van der Waals surface area contributed by atoms with Gasteiger partial charge in [-0.05, 0) is 54.6 Å². The van der Waals surface area contributed by atoms with Crippen molar-refractivity contribution in [1.82, 2.24) is 0 Å². The molecule has 0 radical (unpaired) electrons. The average Bonchev–Trinajstić information content (AvgIpc) is 3.44. The van der Waals surface area contributed by atoms with Crippen LogP contribution in [0.25, 0.3) is 22.6 Å². The summed E-state index contributed by atoms with van der Waals surface area (Å²) < 4.78 is 17.7. The van der Waals surface area contributed by atoms with E-state index in [9.17, 15) is 9.90 Å². The number of halogens is 1. The van der Waals surface area contributed by atoms with Crippen LogP contribution in [0.15, 0.2) is 80.0 Å². The van der Waals surface area contributed by atoms with E-state index in [4.69, 9.17) is 13.6 Å². The molecule has 7 heteroatoms. The molecule has 2 aromatic carbocycles. The van der Waals surface area contributed by atoms with Gasteiger partial charge in [-0.15, -0.1) is 0 Å². The van der Waals surface area contributed by atoms with Gasteiger partial charge >= 0.3 is 0 Å². The summed E-state index contributed by atoms with van der Waals surface area (Å²) in [7, 11) is 1.56. The zero-order chi connectivity index (χ0) is 21.1. The number of furan rings is 2. The molecule has 0 bridgehead atoms. The molecule has 0 aliphatic rings. The first-order valence-electron chi connectivity index (χ1n) is 9.12. The number of hydrogen-bond acceptors (Lipinski definition) is 5. The second-order valence-electron chi connectivity index (χ2n) is 6.46. The largest absolute Gasteiger partial charge is 0.496 e. The molecule has 0 aliphatic carbocycles. The number of nitrogens with one attached hydrogen (secondary N) is 1. The number of carbonyl (C=O) groups is 1. The summed E-state index contributed by atoms with van der Waals surface area (Å²) in [6, 6.07) is 19.7. The highest BCUT2D eigenvalue weighted by Gasteiger charge is 2.16. The summed E-state index contributed by atoms with van der Waals surface area (Å²) in [5, 5.41) is 12.1. The smallest absolute Gasteiger partial charge is 0.291 e. The Hall–Kier alpha value is -3.29. The van der Waals surface area contributed by atoms with Crippen LogP contribution >= 0.6 is 15.9 Å². The van der Waals surface area contributed by atoms with Gasteiger partial charge in [0.1, 0.15) is 29.6 Å². The molecule has 2 heterocycles. The molecule has 2 aromatic heterocycles. The molecule has 0 atom stereocenters. The Bertz CT molecular complexity index is 1180. The molecule has 0 aliphatic heterocycles. The number of aliphatic hydroxyl groups excluding tert-OH is 1. The van der Waals surface area contributed by atoms with Gasteiger partial charge in [-0.3, -0.25) is 4.79 Å². The number of aliphatic hydroxyl groups is 1. The van der Waals surface area contributed by atoms with E-state index in [1.54, 1.807) is 49.6 Å². The van der Waals surface area contributed by atoms with Crippen LogP contribution in [0.2, 0.25) is 0 Å². The first-order valence-corrected chi connectivity index (χ1v) is 9.92. The number of anilines is 1. The van der Waals surface area contributed by atoms with Gasteiger partial charge in [0.2, 0.25) is 0 Å². The van der Waals surface area contributed by atoms with Gasteiger partial charge in [0.05, 0.1) is 12.7 Å². The predicted octanol–water partition coefficient (Wildman–Crippen LogP) is 5.72. The van der Waals surface area contributed by atoms with Crippen molar-refractivity contribution in [2.45, 2.75) is 6.61 Å². The lowest BCUT2D eigenvalue weighted by atomic mass is 10.1. The number of hydrogen-bond donors (Lipinski definition) is 2. The predicted molar refractivity (Wildman–Crippen MR) is 116 cm³/mol. The van der Waals surface area contributed by atoms with E-state index >= 15 is 0 Å². The van der Waals surface area contributed by atoms with Crippen LogP contribution in [0.1, 0.15) is 16.3 Å². The molecule has 0 spiro atoms. The third-order valence-electron chi connectivity index (χ3n) is 4.50. The van der Waals surface area contributed by atoms with Crippen molar-refractivity contribution >= 4 is 27.5 Å². The van der Waals surface area contributed by atoms with Crippen molar-refractivity contribution in [3.8, 4) is 28.4 Å². The van der Waals surface area contributed by atoms with E-state index in [1.807, 2.05) is 24.3 Å². The second-order valence-corrected chi connectivity index (χ2v) is 7.38. The van der Waals surface area contributed by atoms with Gasteiger partial charge in [-0.2, -0.15) is 0 Å². The molecule has 152 valence electrons. The first kappa shape index (κ1) is 20.0. The van der Waals surface area contributed by atoms with Crippen molar-refractivity contribution in [3.05, 3.63) is 82.7 Å². The van der Waals surface area contributed by atoms with Crippen LogP contribution in [0.4, 0.5) is 5.69 Å². The maximum Gasteiger partial charge on any atom is 0.291 e. The van der Waals surface area contributed by atoms with E-state index in [1.165, 1.54) is 0 Å². The third kappa shape index (κ3) is 4.17. The fraction of sp³-hybridized carbons (Fsp3) is 0.0870. The van der Waals surface area contributed by atoms with E-state index in [-0.39, 0.29) is 18.3 Å².